The van der Waals surface area contributed by atoms with E-state index in [0.29, 0.717) is 54.7 Å². The highest BCUT2D eigenvalue weighted by atomic mass is 19.1. The standard InChI is InChI=1S/C39H53F3N4O6/c1-38(2,3)52-37(50)44-30(23-42)25-9-11-26(12-10-25)35(48)45-20-15-29(24-7-5-4-6-8-24)33(45)34(47)43-28-13-14-31-27(21-28)22-32-36(49)51-39(16-18-40,17-19-41)46(31)32/h13-14,21-22,24-26,29-30,33H,4-12,15-20,23H2,1-3H3,(H,43,47)(H,44,50)/t25?,26?,29-,30+,33-/m0/s1. The van der Waals surface area contributed by atoms with Crippen LogP contribution in [0.25, 0.3) is 10.9 Å². The molecule has 286 valence electrons. The number of cyclic esters (lactones) is 1. The molecule has 3 heterocycles. The van der Waals surface area contributed by atoms with Crippen molar-refractivity contribution < 1.29 is 41.8 Å². The number of amides is 3. The molecule has 52 heavy (non-hydrogen) atoms. The first-order valence-electron chi connectivity index (χ1n) is 19.1. The van der Waals surface area contributed by atoms with Crippen LogP contribution in [0.5, 0.6) is 0 Å². The molecule has 3 fully saturated rings. The van der Waals surface area contributed by atoms with Crippen LogP contribution < -0.4 is 10.6 Å². The minimum atomic E-state index is -1.44. The van der Waals surface area contributed by atoms with Gasteiger partial charge in [0.1, 0.15) is 24.0 Å². The number of nitrogens with one attached hydrogen (secondary N) is 2. The van der Waals surface area contributed by atoms with Gasteiger partial charge < -0.3 is 25.0 Å². The lowest BCUT2D eigenvalue weighted by molar-refractivity contribution is -0.142. The molecule has 1 aromatic heterocycles. The number of esters is 1. The van der Waals surface area contributed by atoms with Crippen molar-refractivity contribution in [2.24, 2.45) is 23.7 Å². The number of hydrogen-bond donors (Lipinski definition) is 2. The van der Waals surface area contributed by atoms with Gasteiger partial charge in [-0.25, -0.2) is 14.0 Å². The molecule has 2 aliphatic heterocycles. The summed E-state index contributed by atoms with van der Waals surface area (Å²) < 4.78 is 53.7. The summed E-state index contributed by atoms with van der Waals surface area (Å²) in [7, 11) is 0. The quantitative estimate of drug-likeness (QED) is 0.230. The first kappa shape index (κ1) is 38.0. The van der Waals surface area contributed by atoms with Crippen molar-refractivity contribution in [1.29, 1.82) is 0 Å². The number of carbonyl (C=O) groups is 4. The van der Waals surface area contributed by atoms with Crippen LogP contribution >= 0.6 is 0 Å². The molecule has 0 bridgehead atoms. The fourth-order valence-corrected chi connectivity index (χ4v) is 9.31. The van der Waals surface area contributed by atoms with Gasteiger partial charge >= 0.3 is 12.1 Å². The number of halogens is 3. The van der Waals surface area contributed by atoms with E-state index < -0.39 is 55.5 Å². The van der Waals surface area contributed by atoms with E-state index in [-0.39, 0.29) is 48.1 Å². The number of likely N-dealkylation sites (tertiary alicyclic amines) is 1. The van der Waals surface area contributed by atoms with Crippen molar-refractivity contribution >= 4 is 40.5 Å². The molecular weight excluding hydrogens is 677 g/mol. The summed E-state index contributed by atoms with van der Waals surface area (Å²) in [6, 6.07) is 5.45. The van der Waals surface area contributed by atoms with Crippen molar-refractivity contribution in [2.45, 2.75) is 121 Å². The van der Waals surface area contributed by atoms with Crippen LogP contribution in [0.3, 0.4) is 0 Å². The smallest absolute Gasteiger partial charge is 0.407 e. The number of ether oxygens (including phenoxy) is 2. The van der Waals surface area contributed by atoms with E-state index in [1.165, 1.54) is 6.42 Å². The molecule has 13 heteroatoms. The Labute approximate surface area is 303 Å². The van der Waals surface area contributed by atoms with Gasteiger partial charge in [0.25, 0.3) is 0 Å². The second kappa shape index (κ2) is 15.7. The Morgan fingerprint density at radius 2 is 1.65 bits per heavy atom. The lowest BCUT2D eigenvalue weighted by Gasteiger charge is -2.37. The largest absolute Gasteiger partial charge is 0.444 e. The van der Waals surface area contributed by atoms with E-state index in [9.17, 15) is 32.3 Å². The average molecular weight is 731 g/mol. The number of benzene rings is 1. The molecule has 1 aromatic carbocycles. The maximum absolute atomic E-state index is 14.3. The number of fused-ring (bicyclic) bond motifs is 3. The summed E-state index contributed by atoms with van der Waals surface area (Å²) in [5.41, 5.74) is -0.868. The van der Waals surface area contributed by atoms with E-state index >= 15 is 0 Å². The first-order chi connectivity index (χ1) is 24.9. The Balaban J connectivity index is 1.17. The molecule has 2 N–H and O–H groups in total. The Kier molecular flexibility index (Phi) is 11.5. The molecule has 3 atom stereocenters. The molecule has 10 nitrogen and oxygen atoms in total. The molecule has 3 amide bonds. The molecule has 0 radical (unpaired) electrons. The van der Waals surface area contributed by atoms with Crippen molar-refractivity contribution in [1.82, 2.24) is 14.8 Å². The Morgan fingerprint density at radius 3 is 2.29 bits per heavy atom. The zero-order chi connectivity index (χ0) is 37.2. The number of rotatable bonds is 11. The number of nitrogens with zero attached hydrogens (tertiary/aromatic N) is 2. The molecule has 1 saturated heterocycles. The second-order valence-corrected chi connectivity index (χ2v) is 16.2. The van der Waals surface area contributed by atoms with Gasteiger partial charge in [-0.3, -0.25) is 22.9 Å². The molecule has 6 rings (SSSR count). The first-order valence-corrected chi connectivity index (χ1v) is 19.1. The summed E-state index contributed by atoms with van der Waals surface area (Å²) >= 11 is 0. The van der Waals surface area contributed by atoms with Gasteiger partial charge in [-0.15, -0.1) is 0 Å². The molecule has 4 aliphatic rings. The normalized spacial score (nSPS) is 25.4. The van der Waals surface area contributed by atoms with Crippen LogP contribution in [0.4, 0.5) is 23.7 Å². The fourth-order valence-electron chi connectivity index (χ4n) is 9.31. The van der Waals surface area contributed by atoms with E-state index in [4.69, 9.17) is 9.47 Å². The van der Waals surface area contributed by atoms with Crippen molar-refractivity contribution in [2.75, 3.05) is 31.9 Å². The third-order valence-electron chi connectivity index (χ3n) is 11.7. The number of alkyl carbamates (subject to hydrolysis) is 1. The molecule has 2 saturated carbocycles. The van der Waals surface area contributed by atoms with Gasteiger partial charge in [-0.2, -0.15) is 0 Å². The average Bonchev–Trinajstić information content (AvgIpc) is 3.79. The highest BCUT2D eigenvalue weighted by Crippen LogP contribution is 2.43. The fraction of sp³-hybridized carbons (Fsp3) is 0.692. The molecule has 2 aromatic rings. The summed E-state index contributed by atoms with van der Waals surface area (Å²) in [4.78, 5) is 55.4. The Morgan fingerprint density at radius 1 is 0.962 bits per heavy atom. The van der Waals surface area contributed by atoms with E-state index in [2.05, 4.69) is 10.6 Å². The van der Waals surface area contributed by atoms with Gasteiger partial charge in [0.2, 0.25) is 11.8 Å². The highest BCUT2D eigenvalue weighted by Gasteiger charge is 2.48. The molecule has 2 aliphatic carbocycles. The summed E-state index contributed by atoms with van der Waals surface area (Å²) in [6.07, 6.45) is 7.39. The van der Waals surface area contributed by atoms with Crippen LogP contribution in [0.15, 0.2) is 24.3 Å². The number of hydrogen-bond acceptors (Lipinski definition) is 6. The lowest BCUT2D eigenvalue weighted by atomic mass is 9.76. The highest BCUT2D eigenvalue weighted by molar-refractivity contribution is 6.02. The van der Waals surface area contributed by atoms with Crippen LogP contribution in [0.2, 0.25) is 0 Å². The van der Waals surface area contributed by atoms with Gasteiger partial charge in [0.15, 0.2) is 5.72 Å². The van der Waals surface area contributed by atoms with Crippen molar-refractivity contribution in [3.05, 3.63) is 30.0 Å². The van der Waals surface area contributed by atoms with E-state index in [1.807, 2.05) is 0 Å². The van der Waals surface area contributed by atoms with Crippen LogP contribution in [0.1, 0.15) is 108 Å². The molecule has 0 unspecified atom stereocenters. The number of aromatic nitrogens is 1. The van der Waals surface area contributed by atoms with Crippen molar-refractivity contribution in [3.8, 4) is 0 Å². The zero-order valence-electron chi connectivity index (χ0n) is 30.6. The predicted molar refractivity (Wildman–Crippen MR) is 190 cm³/mol. The van der Waals surface area contributed by atoms with Gasteiger partial charge in [-0.05, 0) is 94.9 Å². The minimum Gasteiger partial charge on any atom is -0.444 e. The second-order valence-electron chi connectivity index (χ2n) is 16.2. The topological polar surface area (TPSA) is 119 Å². The van der Waals surface area contributed by atoms with E-state index in [1.54, 1.807) is 54.5 Å². The molecule has 0 spiro atoms. The van der Waals surface area contributed by atoms with Crippen LogP contribution in [-0.2, 0) is 24.8 Å². The van der Waals surface area contributed by atoms with Gasteiger partial charge in [0.05, 0.1) is 24.9 Å². The maximum Gasteiger partial charge on any atom is 0.407 e. The number of alkyl halides is 3. The van der Waals surface area contributed by atoms with Crippen LogP contribution in [-0.4, -0.2) is 77.6 Å². The third kappa shape index (κ3) is 7.78. The maximum atomic E-state index is 14.3. The number of carbonyl (C=O) groups excluding carboxylic acids is 4. The summed E-state index contributed by atoms with van der Waals surface area (Å²) in [5, 5.41) is 6.38. The monoisotopic (exact) mass is 730 g/mol. The minimum absolute atomic E-state index is 0.0216. The predicted octanol–water partition coefficient (Wildman–Crippen LogP) is 7.59. The summed E-state index contributed by atoms with van der Waals surface area (Å²) in [6.45, 7) is 3.44. The SMILES string of the molecule is CC(C)(C)OC(=O)N[C@H](CF)C1CCC(C(=O)N2CC[C@@H](C3CCCCC3)[C@H]2C(=O)Nc2ccc3c(c2)cc2n3C(CCF)(CCF)OC2=O)CC1. The lowest BCUT2D eigenvalue weighted by Crippen LogP contribution is -2.50. The van der Waals surface area contributed by atoms with Gasteiger partial charge in [0, 0.05) is 36.4 Å². The van der Waals surface area contributed by atoms with E-state index in [0.717, 1.165) is 32.1 Å². The number of anilines is 1. The van der Waals surface area contributed by atoms with Crippen molar-refractivity contribution in [3.63, 3.8) is 0 Å². The Bertz CT molecular complexity index is 1620. The third-order valence-corrected chi connectivity index (χ3v) is 11.7. The van der Waals surface area contributed by atoms with Gasteiger partial charge in [-0.1, -0.05) is 32.1 Å². The molecular formula is C39H53F3N4O6. The Hall–Kier alpha value is -3.77. The summed E-state index contributed by atoms with van der Waals surface area (Å²) in [5.74, 6) is -1.02. The zero-order valence-corrected chi connectivity index (χ0v) is 30.6. The van der Waals surface area contributed by atoms with Crippen LogP contribution in [0, 0.1) is 23.7 Å².